The number of anilines is 1. The summed E-state index contributed by atoms with van der Waals surface area (Å²) in [7, 11) is 0. The van der Waals surface area contributed by atoms with E-state index in [1.807, 2.05) is 6.20 Å². The number of H-pyrrole nitrogens is 1. The second kappa shape index (κ2) is 15.2. The van der Waals surface area contributed by atoms with Crippen molar-refractivity contribution in [1.82, 2.24) is 20.0 Å². The van der Waals surface area contributed by atoms with Crippen molar-refractivity contribution in [1.29, 1.82) is 0 Å². The number of aromatic nitrogens is 2. The van der Waals surface area contributed by atoms with E-state index in [4.69, 9.17) is 0 Å². The Bertz CT molecular complexity index is 707. The van der Waals surface area contributed by atoms with Crippen LogP contribution in [0.3, 0.4) is 0 Å². The molecule has 1 saturated heterocycles. The molecule has 1 atom stereocenters. The summed E-state index contributed by atoms with van der Waals surface area (Å²) in [6.07, 6.45) is 6.83. The molecule has 2 aliphatic rings. The number of piperazine rings is 1. The molecule has 2 heterocycles. The molecule has 1 unspecified atom stereocenters. The maximum atomic E-state index is 4.24. The van der Waals surface area contributed by atoms with Gasteiger partial charge in [0.15, 0.2) is 0 Å². The van der Waals surface area contributed by atoms with Crippen LogP contribution in [-0.4, -0.2) is 71.9 Å². The summed E-state index contributed by atoms with van der Waals surface area (Å²) < 4.78 is 0. The van der Waals surface area contributed by atoms with E-state index < -0.39 is 0 Å². The number of nitrogens with zero attached hydrogens (tertiary/aromatic N) is 4. The average Bonchev–Trinajstić information content (AvgIpc) is 3.20. The molecule has 1 aliphatic carbocycles. The maximum Gasteiger partial charge on any atom is 0.0522 e. The first-order valence-electron chi connectivity index (χ1n) is 10.6. The zero-order valence-electron chi connectivity index (χ0n) is 18.2. The molecule has 1 aliphatic heterocycles. The highest BCUT2D eigenvalue weighted by Crippen LogP contribution is 2.23. The van der Waals surface area contributed by atoms with E-state index in [-0.39, 0.29) is 49.6 Å². The van der Waals surface area contributed by atoms with E-state index in [0.29, 0.717) is 6.04 Å². The average molecular weight is 513 g/mol. The van der Waals surface area contributed by atoms with Gasteiger partial charge in [0, 0.05) is 63.1 Å². The molecule has 0 radical (unpaired) electrons. The molecule has 1 aromatic heterocycles. The van der Waals surface area contributed by atoms with Crippen LogP contribution in [0.4, 0.5) is 5.69 Å². The highest BCUT2D eigenvalue weighted by molar-refractivity contribution is 5.86. The fourth-order valence-corrected chi connectivity index (χ4v) is 4.60. The molecule has 2 aromatic rings. The summed E-state index contributed by atoms with van der Waals surface area (Å²) in [5.74, 6) is 0. The third kappa shape index (κ3) is 7.99. The van der Waals surface area contributed by atoms with Gasteiger partial charge in [-0.3, -0.25) is 14.9 Å². The molecule has 9 heteroatoms. The van der Waals surface area contributed by atoms with Crippen molar-refractivity contribution < 1.29 is 0 Å². The first-order chi connectivity index (χ1) is 13.3. The van der Waals surface area contributed by atoms with Gasteiger partial charge in [0.2, 0.25) is 0 Å². The number of fused-ring (bicyclic) bond motifs is 1. The van der Waals surface area contributed by atoms with Gasteiger partial charge >= 0.3 is 0 Å². The predicted octanol–water partition coefficient (Wildman–Crippen LogP) is 4.49. The van der Waals surface area contributed by atoms with Gasteiger partial charge in [0.05, 0.1) is 6.20 Å². The SMILES string of the molecule is CCCN(CCN1CCN(c2ccccc2)CC1)C1CCc2cn[nH]c2C1.Cl.Cl.Cl.Cl. The molecular formula is C22H37Cl4N5. The number of hydrogen-bond acceptors (Lipinski definition) is 4. The Morgan fingerprint density at radius 1 is 1.00 bits per heavy atom. The number of aryl methyl sites for hydroxylation is 1. The number of benzene rings is 1. The number of rotatable bonds is 7. The summed E-state index contributed by atoms with van der Waals surface area (Å²) in [5.41, 5.74) is 4.16. The zero-order chi connectivity index (χ0) is 18.5. The Morgan fingerprint density at radius 2 is 1.71 bits per heavy atom. The minimum atomic E-state index is 0. The van der Waals surface area contributed by atoms with Gasteiger partial charge in [-0.15, -0.1) is 49.6 Å². The number of para-hydroxylation sites is 1. The first-order valence-corrected chi connectivity index (χ1v) is 10.6. The predicted molar refractivity (Wildman–Crippen MR) is 140 cm³/mol. The van der Waals surface area contributed by atoms with E-state index in [9.17, 15) is 0 Å². The molecular weight excluding hydrogens is 476 g/mol. The Labute approximate surface area is 212 Å². The van der Waals surface area contributed by atoms with Crippen LogP contribution in [0.25, 0.3) is 0 Å². The summed E-state index contributed by atoms with van der Waals surface area (Å²) in [6, 6.07) is 11.5. The minimum Gasteiger partial charge on any atom is -0.369 e. The molecule has 5 nitrogen and oxygen atoms in total. The minimum absolute atomic E-state index is 0. The summed E-state index contributed by atoms with van der Waals surface area (Å²) in [5, 5.41) is 7.46. The van der Waals surface area contributed by atoms with Crippen LogP contribution < -0.4 is 4.90 Å². The quantitative estimate of drug-likeness (QED) is 0.593. The van der Waals surface area contributed by atoms with E-state index in [2.05, 4.69) is 62.2 Å². The Balaban J connectivity index is 0.00000225. The van der Waals surface area contributed by atoms with Crippen molar-refractivity contribution in [2.24, 2.45) is 0 Å². The molecule has 1 aromatic carbocycles. The zero-order valence-corrected chi connectivity index (χ0v) is 21.5. The molecule has 1 N–H and O–H groups in total. The second-order valence-electron chi connectivity index (χ2n) is 7.97. The number of aromatic amines is 1. The van der Waals surface area contributed by atoms with Gasteiger partial charge in [0.1, 0.15) is 0 Å². The fraction of sp³-hybridized carbons (Fsp3) is 0.591. The standard InChI is InChI=1S/C22H33N5.4ClH/c1-2-10-26(21-9-8-19-18-23-24-22(19)17-21)14-11-25-12-15-27(16-13-25)20-6-4-3-5-7-20;;;;/h3-7,18,21H,2,8-17H2,1H3,(H,23,24);4*1H. The summed E-state index contributed by atoms with van der Waals surface area (Å²) >= 11 is 0. The van der Waals surface area contributed by atoms with E-state index in [1.54, 1.807) is 0 Å². The lowest BCUT2D eigenvalue weighted by atomic mass is 9.92. The molecule has 4 rings (SSSR count). The van der Waals surface area contributed by atoms with Crippen molar-refractivity contribution in [2.45, 2.75) is 38.6 Å². The van der Waals surface area contributed by atoms with Crippen LogP contribution in [0.1, 0.15) is 31.0 Å². The Hall–Kier alpha value is -0.690. The van der Waals surface area contributed by atoms with Gasteiger partial charge in [0.25, 0.3) is 0 Å². The molecule has 0 amide bonds. The van der Waals surface area contributed by atoms with Crippen LogP contribution in [0.2, 0.25) is 0 Å². The largest absolute Gasteiger partial charge is 0.369 e. The van der Waals surface area contributed by atoms with E-state index in [0.717, 1.165) is 19.5 Å². The van der Waals surface area contributed by atoms with E-state index in [1.165, 1.54) is 68.9 Å². The van der Waals surface area contributed by atoms with Crippen LogP contribution in [0.5, 0.6) is 0 Å². The Kier molecular flexibility index (Phi) is 14.9. The van der Waals surface area contributed by atoms with Crippen LogP contribution in [0.15, 0.2) is 36.5 Å². The number of hydrogen-bond donors (Lipinski definition) is 1. The summed E-state index contributed by atoms with van der Waals surface area (Å²) in [6.45, 7) is 10.5. The van der Waals surface area contributed by atoms with Crippen molar-refractivity contribution in [3.05, 3.63) is 47.8 Å². The highest BCUT2D eigenvalue weighted by Gasteiger charge is 2.26. The maximum absolute atomic E-state index is 4.24. The second-order valence-corrected chi connectivity index (χ2v) is 7.97. The van der Waals surface area contributed by atoms with Crippen molar-refractivity contribution in [2.75, 3.05) is 50.7 Å². The molecule has 0 spiro atoms. The topological polar surface area (TPSA) is 38.4 Å². The molecule has 0 saturated carbocycles. The molecule has 1 fully saturated rings. The third-order valence-corrected chi connectivity index (χ3v) is 6.22. The van der Waals surface area contributed by atoms with E-state index >= 15 is 0 Å². The van der Waals surface area contributed by atoms with Crippen LogP contribution in [0, 0.1) is 0 Å². The third-order valence-electron chi connectivity index (χ3n) is 6.22. The van der Waals surface area contributed by atoms with Gasteiger partial charge in [-0.25, -0.2) is 0 Å². The van der Waals surface area contributed by atoms with Crippen LogP contribution in [-0.2, 0) is 12.8 Å². The van der Waals surface area contributed by atoms with Gasteiger partial charge in [-0.2, -0.15) is 5.10 Å². The molecule has 0 bridgehead atoms. The number of nitrogens with one attached hydrogen (secondary N) is 1. The van der Waals surface area contributed by atoms with Crippen molar-refractivity contribution >= 4 is 55.3 Å². The van der Waals surface area contributed by atoms with Crippen molar-refractivity contribution in [3.63, 3.8) is 0 Å². The lowest BCUT2D eigenvalue weighted by Gasteiger charge is -2.39. The smallest absolute Gasteiger partial charge is 0.0522 e. The van der Waals surface area contributed by atoms with Gasteiger partial charge in [-0.05, 0) is 43.5 Å². The summed E-state index contributed by atoms with van der Waals surface area (Å²) in [4.78, 5) is 7.89. The number of halogens is 4. The van der Waals surface area contributed by atoms with Gasteiger partial charge < -0.3 is 4.90 Å². The fourth-order valence-electron chi connectivity index (χ4n) is 4.60. The lowest BCUT2D eigenvalue weighted by Crippen LogP contribution is -2.50. The monoisotopic (exact) mass is 511 g/mol. The normalized spacial score (nSPS) is 18.1. The van der Waals surface area contributed by atoms with Crippen LogP contribution >= 0.6 is 49.6 Å². The highest BCUT2D eigenvalue weighted by atomic mass is 35.5. The lowest BCUT2D eigenvalue weighted by molar-refractivity contribution is 0.145. The van der Waals surface area contributed by atoms with Crippen molar-refractivity contribution in [3.8, 4) is 0 Å². The van der Waals surface area contributed by atoms with Gasteiger partial charge in [-0.1, -0.05) is 25.1 Å². The molecule has 31 heavy (non-hydrogen) atoms. The molecule has 178 valence electrons. The Morgan fingerprint density at radius 3 is 2.39 bits per heavy atom. The first kappa shape index (κ1) is 30.3.